The summed E-state index contributed by atoms with van der Waals surface area (Å²) < 4.78 is 12.7. The molecule has 1 aliphatic heterocycles. The molecule has 3 heteroatoms. The van der Waals surface area contributed by atoms with Crippen LogP contribution < -0.4 is 0 Å². The van der Waals surface area contributed by atoms with Crippen LogP contribution in [0.5, 0.6) is 0 Å². The molecule has 1 heterocycles. The lowest BCUT2D eigenvalue weighted by Crippen LogP contribution is -2.34. The first-order chi connectivity index (χ1) is 4.63. The van der Waals surface area contributed by atoms with Crippen LogP contribution >= 0.6 is 0 Å². The van der Waals surface area contributed by atoms with E-state index in [9.17, 15) is 9.18 Å². The van der Waals surface area contributed by atoms with E-state index in [0.717, 1.165) is 0 Å². The van der Waals surface area contributed by atoms with Crippen LogP contribution in [-0.4, -0.2) is 29.6 Å². The Kier molecular flexibility index (Phi) is 1.92. The quantitative estimate of drug-likeness (QED) is 0.497. The summed E-state index contributed by atoms with van der Waals surface area (Å²) in [7, 11) is 0. The summed E-state index contributed by atoms with van der Waals surface area (Å²) >= 11 is 0. The van der Waals surface area contributed by atoms with Crippen molar-refractivity contribution in [1.29, 1.82) is 0 Å². The van der Waals surface area contributed by atoms with E-state index in [1.165, 1.54) is 6.92 Å². The zero-order valence-corrected chi connectivity index (χ0v) is 6.30. The van der Waals surface area contributed by atoms with Gasteiger partial charge in [0.1, 0.15) is 6.17 Å². The van der Waals surface area contributed by atoms with Crippen LogP contribution in [0.25, 0.3) is 0 Å². The molecule has 0 bridgehead atoms. The first kappa shape index (κ1) is 7.51. The van der Waals surface area contributed by atoms with E-state index in [0.29, 0.717) is 13.0 Å². The van der Waals surface area contributed by atoms with Gasteiger partial charge in [-0.2, -0.15) is 0 Å². The average molecular weight is 145 g/mol. The Morgan fingerprint density at radius 1 is 1.70 bits per heavy atom. The molecule has 0 saturated carbocycles. The van der Waals surface area contributed by atoms with Crippen LogP contribution in [0.15, 0.2) is 0 Å². The third-order valence-electron chi connectivity index (χ3n) is 2.07. The molecule has 58 valence electrons. The van der Waals surface area contributed by atoms with Crippen molar-refractivity contribution in [2.45, 2.75) is 32.5 Å². The number of likely N-dealkylation sites (tertiary alicyclic amines) is 1. The van der Waals surface area contributed by atoms with E-state index in [1.807, 2.05) is 0 Å². The van der Waals surface area contributed by atoms with E-state index < -0.39 is 6.17 Å². The Balaban J connectivity index is 2.57. The van der Waals surface area contributed by atoms with Gasteiger partial charge in [0.05, 0.1) is 6.04 Å². The lowest BCUT2D eigenvalue weighted by molar-refractivity contribution is -0.129. The van der Waals surface area contributed by atoms with Crippen LogP contribution in [-0.2, 0) is 4.79 Å². The van der Waals surface area contributed by atoms with Gasteiger partial charge in [0.25, 0.3) is 0 Å². The van der Waals surface area contributed by atoms with Crippen LogP contribution in [0.3, 0.4) is 0 Å². The molecule has 1 aliphatic rings. The summed E-state index contributed by atoms with van der Waals surface area (Å²) in [5.41, 5.74) is 0. The zero-order chi connectivity index (χ0) is 7.72. The molecule has 1 amide bonds. The maximum Gasteiger partial charge on any atom is 0.219 e. The van der Waals surface area contributed by atoms with Gasteiger partial charge in [0, 0.05) is 13.5 Å². The van der Waals surface area contributed by atoms with Gasteiger partial charge in [-0.25, -0.2) is 4.39 Å². The molecular formula is C7H12FNO. The fourth-order valence-electron chi connectivity index (χ4n) is 1.35. The maximum atomic E-state index is 12.7. The Morgan fingerprint density at radius 2 is 2.30 bits per heavy atom. The number of hydrogen-bond donors (Lipinski definition) is 0. The minimum atomic E-state index is -0.816. The van der Waals surface area contributed by atoms with Crippen molar-refractivity contribution in [2.24, 2.45) is 0 Å². The van der Waals surface area contributed by atoms with Gasteiger partial charge in [0.15, 0.2) is 0 Å². The highest BCUT2D eigenvalue weighted by molar-refractivity contribution is 5.73. The molecule has 0 aliphatic carbocycles. The molecule has 2 nitrogen and oxygen atoms in total. The van der Waals surface area contributed by atoms with Crippen molar-refractivity contribution in [3.05, 3.63) is 0 Å². The lowest BCUT2D eigenvalue weighted by atomic mass is 10.2. The smallest absolute Gasteiger partial charge is 0.219 e. The van der Waals surface area contributed by atoms with Crippen molar-refractivity contribution >= 4 is 5.91 Å². The number of alkyl halides is 1. The van der Waals surface area contributed by atoms with Gasteiger partial charge in [-0.3, -0.25) is 4.79 Å². The van der Waals surface area contributed by atoms with Crippen LogP contribution in [0.2, 0.25) is 0 Å². The molecule has 0 radical (unpaired) electrons. The van der Waals surface area contributed by atoms with Gasteiger partial charge in [0.2, 0.25) is 5.91 Å². The fourth-order valence-corrected chi connectivity index (χ4v) is 1.35. The van der Waals surface area contributed by atoms with Crippen molar-refractivity contribution in [2.75, 3.05) is 6.54 Å². The summed E-state index contributed by atoms with van der Waals surface area (Å²) in [6, 6.07) is -0.211. The summed E-state index contributed by atoms with van der Waals surface area (Å²) in [5.74, 6) is -0.0207. The molecule has 10 heavy (non-hydrogen) atoms. The fraction of sp³-hybridized carbons (Fsp3) is 0.857. The first-order valence-electron chi connectivity index (χ1n) is 3.54. The Labute approximate surface area is 60.0 Å². The minimum Gasteiger partial charge on any atom is -0.337 e. The molecule has 0 unspecified atom stereocenters. The number of nitrogens with zero attached hydrogens (tertiary/aromatic N) is 1. The lowest BCUT2D eigenvalue weighted by Gasteiger charge is -2.19. The van der Waals surface area contributed by atoms with Crippen LogP contribution in [0.1, 0.15) is 20.3 Å². The predicted molar refractivity (Wildman–Crippen MR) is 36.4 cm³/mol. The first-order valence-corrected chi connectivity index (χ1v) is 3.54. The van der Waals surface area contributed by atoms with Gasteiger partial charge >= 0.3 is 0 Å². The Morgan fingerprint density at radius 3 is 2.50 bits per heavy atom. The third-order valence-corrected chi connectivity index (χ3v) is 2.07. The molecule has 1 fully saturated rings. The Bertz CT molecular complexity index is 149. The van der Waals surface area contributed by atoms with Gasteiger partial charge in [-0.05, 0) is 13.3 Å². The molecule has 0 aromatic heterocycles. The number of halogens is 1. The highest BCUT2D eigenvalue weighted by Gasteiger charge is 2.31. The maximum absolute atomic E-state index is 12.7. The number of amides is 1. The van der Waals surface area contributed by atoms with E-state index in [1.54, 1.807) is 11.8 Å². The highest BCUT2D eigenvalue weighted by atomic mass is 19.1. The van der Waals surface area contributed by atoms with Crippen molar-refractivity contribution in [3.8, 4) is 0 Å². The second-order valence-corrected chi connectivity index (χ2v) is 2.76. The second kappa shape index (κ2) is 2.56. The van der Waals surface area contributed by atoms with Crippen LogP contribution in [0.4, 0.5) is 4.39 Å². The molecule has 2 atom stereocenters. The monoisotopic (exact) mass is 145 g/mol. The van der Waals surface area contributed by atoms with Gasteiger partial charge in [-0.15, -0.1) is 0 Å². The second-order valence-electron chi connectivity index (χ2n) is 2.76. The van der Waals surface area contributed by atoms with E-state index in [4.69, 9.17) is 0 Å². The number of rotatable bonds is 0. The topological polar surface area (TPSA) is 20.3 Å². The molecule has 1 saturated heterocycles. The standard InChI is InChI=1S/C7H12FNO/c1-5-7(8)3-4-9(5)6(2)10/h5,7H,3-4H2,1-2H3/t5-,7-/m1/s1. The third kappa shape index (κ3) is 1.13. The van der Waals surface area contributed by atoms with Crippen molar-refractivity contribution in [3.63, 3.8) is 0 Å². The van der Waals surface area contributed by atoms with Crippen LogP contribution in [0, 0.1) is 0 Å². The highest BCUT2D eigenvalue weighted by Crippen LogP contribution is 2.19. The summed E-state index contributed by atoms with van der Waals surface area (Å²) in [6.07, 6.45) is -0.315. The van der Waals surface area contributed by atoms with Crippen molar-refractivity contribution < 1.29 is 9.18 Å². The van der Waals surface area contributed by atoms with E-state index in [2.05, 4.69) is 0 Å². The molecule has 0 N–H and O–H groups in total. The summed E-state index contributed by atoms with van der Waals surface area (Å²) in [5, 5.41) is 0. The summed E-state index contributed by atoms with van der Waals surface area (Å²) in [6.45, 7) is 3.81. The number of carbonyl (C=O) groups is 1. The molecule has 1 rings (SSSR count). The zero-order valence-electron chi connectivity index (χ0n) is 6.30. The average Bonchev–Trinajstić information content (AvgIpc) is 2.14. The molecule has 0 aromatic rings. The normalized spacial score (nSPS) is 32.9. The minimum absolute atomic E-state index is 0.0207. The van der Waals surface area contributed by atoms with Crippen molar-refractivity contribution in [1.82, 2.24) is 4.90 Å². The largest absolute Gasteiger partial charge is 0.337 e. The van der Waals surface area contributed by atoms with Gasteiger partial charge < -0.3 is 4.90 Å². The van der Waals surface area contributed by atoms with E-state index in [-0.39, 0.29) is 11.9 Å². The molecule has 0 aromatic carbocycles. The molecule has 0 spiro atoms. The molecular weight excluding hydrogens is 133 g/mol. The SMILES string of the molecule is CC(=O)N1CC[C@@H](F)[C@H]1C. The van der Waals surface area contributed by atoms with Gasteiger partial charge in [-0.1, -0.05) is 0 Å². The van der Waals surface area contributed by atoms with E-state index >= 15 is 0 Å². The Hall–Kier alpha value is -0.600. The predicted octanol–water partition coefficient (Wildman–Crippen LogP) is 0.965. The number of hydrogen-bond acceptors (Lipinski definition) is 1. The summed E-state index contributed by atoms with van der Waals surface area (Å²) in [4.78, 5) is 12.3. The number of carbonyl (C=O) groups excluding carboxylic acids is 1.